The van der Waals surface area contributed by atoms with Gasteiger partial charge in [0.2, 0.25) is 5.95 Å². The highest BCUT2D eigenvalue weighted by Crippen LogP contribution is 2.33. The van der Waals surface area contributed by atoms with E-state index in [2.05, 4.69) is 25.3 Å². The summed E-state index contributed by atoms with van der Waals surface area (Å²) >= 11 is 0. The maximum absolute atomic E-state index is 14.0. The number of anilines is 4. The summed E-state index contributed by atoms with van der Waals surface area (Å²) < 4.78 is 58.0. The van der Waals surface area contributed by atoms with Crippen molar-refractivity contribution in [2.24, 2.45) is 0 Å². The van der Waals surface area contributed by atoms with Gasteiger partial charge in [-0.15, -0.1) is 0 Å². The number of methoxy groups -OCH3 is 1. The van der Waals surface area contributed by atoms with Gasteiger partial charge in [-0.25, -0.2) is 14.2 Å². The maximum atomic E-state index is 14.0. The number of hydrogen-bond acceptors (Lipinski definition) is 7. The Labute approximate surface area is 167 Å². The van der Waals surface area contributed by atoms with Gasteiger partial charge in [0.1, 0.15) is 5.75 Å². The average molecular weight is 422 g/mol. The molecule has 11 heteroatoms. The van der Waals surface area contributed by atoms with Gasteiger partial charge in [-0.05, 0) is 30.3 Å². The number of aromatic nitrogens is 2. The average Bonchev–Trinajstić information content (AvgIpc) is 2.69. The van der Waals surface area contributed by atoms with Gasteiger partial charge < -0.3 is 20.5 Å². The number of hydrogen-bond donors (Lipinski definition) is 3. The van der Waals surface area contributed by atoms with Crippen molar-refractivity contribution in [3.63, 3.8) is 0 Å². The van der Waals surface area contributed by atoms with E-state index in [4.69, 9.17) is 0 Å². The molecule has 0 saturated heterocycles. The number of phenols is 1. The Morgan fingerprint density at radius 1 is 1.10 bits per heavy atom. The zero-order chi connectivity index (χ0) is 21.9. The fourth-order valence-electron chi connectivity index (χ4n) is 2.46. The number of halogens is 4. The van der Waals surface area contributed by atoms with Crippen molar-refractivity contribution in [3.8, 4) is 5.75 Å². The molecule has 7 nitrogen and oxygen atoms in total. The monoisotopic (exact) mass is 422 g/mol. The van der Waals surface area contributed by atoms with Crippen molar-refractivity contribution in [3.05, 3.63) is 65.6 Å². The molecule has 0 bridgehead atoms. The van der Waals surface area contributed by atoms with Crippen LogP contribution >= 0.6 is 0 Å². The molecule has 156 valence electrons. The molecule has 0 spiro atoms. The first kappa shape index (κ1) is 20.8. The Morgan fingerprint density at radius 2 is 1.87 bits per heavy atom. The zero-order valence-electron chi connectivity index (χ0n) is 15.3. The van der Waals surface area contributed by atoms with E-state index in [1.807, 2.05) is 0 Å². The molecule has 3 rings (SSSR count). The highest BCUT2D eigenvalue weighted by Gasteiger charge is 2.32. The Bertz CT molecular complexity index is 1090. The molecule has 30 heavy (non-hydrogen) atoms. The Morgan fingerprint density at radius 3 is 2.53 bits per heavy atom. The first-order valence-corrected chi connectivity index (χ1v) is 8.32. The van der Waals surface area contributed by atoms with Crippen molar-refractivity contribution < 1.29 is 32.2 Å². The summed E-state index contributed by atoms with van der Waals surface area (Å²) in [5.74, 6) is -2.36. The van der Waals surface area contributed by atoms with Crippen LogP contribution in [0.25, 0.3) is 0 Å². The van der Waals surface area contributed by atoms with E-state index in [0.29, 0.717) is 11.8 Å². The number of nitrogens with zero attached hydrogens (tertiary/aromatic N) is 2. The Hall–Kier alpha value is -3.89. The Balaban J connectivity index is 1.93. The zero-order valence-corrected chi connectivity index (χ0v) is 15.3. The predicted molar refractivity (Wildman–Crippen MR) is 99.4 cm³/mol. The lowest BCUT2D eigenvalue weighted by molar-refractivity contribution is -0.137. The van der Waals surface area contributed by atoms with Crippen LogP contribution in [0.4, 0.5) is 40.7 Å². The molecule has 0 aliphatic heterocycles. The van der Waals surface area contributed by atoms with Crippen LogP contribution in [0.2, 0.25) is 0 Å². The highest BCUT2D eigenvalue weighted by molar-refractivity contribution is 5.91. The molecule has 0 aliphatic rings. The minimum absolute atomic E-state index is 0.0629. The SMILES string of the molecule is COC(=O)c1cc(Nc2ncc(F)c(Nc3cccc(O)c3)n2)cc(C(F)(F)F)c1. The standard InChI is InChI=1S/C19H14F4N4O3/c1-30-17(29)10-5-11(19(21,22)23)7-13(6-10)26-18-24-9-15(20)16(27-18)25-12-3-2-4-14(28)8-12/h2-9,28H,1H3,(H2,24,25,26,27). The molecule has 1 heterocycles. The number of esters is 1. The summed E-state index contributed by atoms with van der Waals surface area (Å²) in [5, 5.41) is 14.6. The largest absolute Gasteiger partial charge is 0.508 e. The van der Waals surface area contributed by atoms with Crippen molar-refractivity contribution >= 4 is 29.1 Å². The fraction of sp³-hybridized carbons (Fsp3) is 0.105. The van der Waals surface area contributed by atoms with E-state index >= 15 is 0 Å². The third-order valence-corrected chi connectivity index (χ3v) is 3.79. The number of carbonyl (C=O) groups is 1. The second-order valence-corrected chi connectivity index (χ2v) is 5.98. The van der Waals surface area contributed by atoms with Crippen LogP contribution in [0.15, 0.2) is 48.7 Å². The maximum Gasteiger partial charge on any atom is 0.416 e. The quantitative estimate of drug-likeness (QED) is 0.408. The van der Waals surface area contributed by atoms with E-state index < -0.39 is 23.5 Å². The lowest BCUT2D eigenvalue weighted by atomic mass is 10.1. The second-order valence-electron chi connectivity index (χ2n) is 5.98. The predicted octanol–water partition coefficient (Wildman–Crippen LogP) is 4.61. The third-order valence-electron chi connectivity index (χ3n) is 3.79. The van der Waals surface area contributed by atoms with Crippen LogP contribution < -0.4 is 10.6 Å². The molecule has 3 N–H and O–H groups in total. The van der Waals surface area contributed by atoms with Gasteiger partial charge in [-0.3, -0.25) is 0 Å². The molecule has 0 fully saturated rings. The molecule has 1 aromatic heterocycles. The van der Waals surface area contributed by atoms with Crippen LogP contribution in [0.3, 0.4) is 0 Å². The van der Waals surface area contributed by atoms with Crippen molar-refractivity contribution in [1.82, 2.24) is 9.97 Å². The van der Waals surface area contributed by atoms with Crippen molar-refractivity contribution in [2.45, 2.75) is 6.18 Å². The summed E-state index contributed by atoms with van der Waals surface area (Å²) in [5.41, 5.74) is -1.26. The molecular formula is C19H14F4N4O3. The summed E-state index contributed by atoms with van der Waals surface area (Å²) in [6.45, 7) is 0. The lowest BCUT2D eigenvalue weighted by Gasteiger charge is -2.13. The number of ether oxygens (including phenoxy) is 1. The molecule has 0 atom stereocenters. The summed E-state index contributed by atoms with van der Waals surface area (Å²) in [6.07, 6.45) is -3.90. The molecule has 0 amide bonds. The normalized spacial score (nSPS) is 11.1. The van der Waals surface area contributed by atoms with Gasteiger partial charge in [0, 0.05) is 17.4 Å². The molecule has 0 unspecified atom stereocenters. The topological polar surface area (TPSA) is 96.4 Å². The van der Waals surface area contributed by atoms with Gasteiger partial charge in [0.25, 0.3) is 0 Å². The summed E-state index contributed by atoms with van der Waals surface area (Å²) in [7, 11) is 1.04. The van der Waals surface area contributed by atoms with E-state index in [1.165, 1.54) is 18.2 Å². The molecular weight excluding hydrogens is 408 g/mol. The minimum Gasteiger partial charge on any atom is -0.508 e. The minimum atomic E-state index is -4.72. The highest BCUT2D eigenvalue weighted by atomic mass is 19.4. The molecule has 3 aromatic rings. The smallest absolute Gasteiger partial charge is 0.416 e. The number of alkyl halides is 3. The van der Waals surface area contributed by atoms with Crippen molar-refractivity contribution in [1.29, 1.82) is 0 Å². The van der Waals surface area contributed by atoms with E-state index in [9.17, 15) is 27.5 Å². The summed E-state index contributed by atoms with van der Waals surface area (Å²) in [6, 6.07) is 8.33. The molecule has 2 aromatic carbocycles. The second kappa shape index (κ2) is 8.23. The number of nitrogens with one attached hydrogen (secondary N) is 2. The number of benzene rings is 2. The third kappa shape index (κ3) is 4.93. The number of phenolic OH excluding ortho intramolecular Hbond substituents is 1. The van der Waals surface area contributed by atoms with Crippen LogP contribution in [0.1, 0.15) is 15.9 Å². The number of carbonyl (C=O) groups excluding carboxylic acids is 1. The van der Waals surface area contributed by atoms with E-state index in [-0.39, 0.29) is 28.8 Å². The van der Waals surface area contributed by atoms with Gasteiger partial charge in [-0.2, -0.15) is 18.2 Å². The first-order chi connectivity index (χ1) is 14.2. The van der Waals surface area contributed by atoms with Crippen LogP contribution in [-0.2, 0) is 10.9 Å². The lowest BCUT2D eigenvalue weighted by Crippen LogP contribution is -2.10. The van der Waals surface area contributed by atoms with E-state index in [0.717, 1.165) is 25.4 Å². The van der Waals surface area contributed by atoms with Gasteiger partial charge in [-0.1, -0.05) is 6.07 Å². The fourth-order valence-corrected chi connectivity index (χ4v) is 2.46. The van der Waals surface area contributed by atoms with Gasteiger partial charge in [0.15, 0.2) is 11.6 Å². The molecule has 0 saturated carbocycles. The van der Waals surface area contributed by atoms with Gasteiger partial charge in [0.05, 0.1) is 24.4 Å². The molecule has 0 radical (unpaired) electrons. The van der Waals surface area contributed by atoms with Gasteiger partial charge >= 0.3 is 12.1 Å². The van der Waals surface area contributed by atoms with Crippen LogP contribution in [0, 0.1) is 5.82 Å². The first-order valence-electron chi connectivity index (χ1n) is 8.32. The van der Waals surface area contributed by atoms with Crippen LogP contribution in [0.5, 0.6) is 5.75 Å². The van der Waals surface area contributed by atoms with Crippen LogP contribution in [-0.4, -0.2) is 28.2 Å². The van der Waals surface area contributed by atoms with E-state index in [1.54, 1.807) is 6.07 Å². The number of aromatic hydroxyl groups is 1. The Kier molecular flexibility index (Phi) is 5.72. The summed E-state index contributed by atoms with van der Waals surface area (Å²) in [4.78, 5) is 19.3. The molecule has 0 aliphatic carbocycles. The van der Waals surface area contributed by atoms with Crippen molar-refractivity contribution in [2.75, 3.05) is 17.7 Å². The number of rotatable bonds is 5.